The van der Waals surface area contributed by atoms with E-state index in [1.807, 2.05) is 0 Å². The van der Waals surface area contributed by atoms with Gasteiger partial charge in [0.25, 0.3) is 0 Å². The number of benzene rings is 1. The average Bonchev–Trinajstić information content (AvgIpc) is 2.44. The molecule has 0 heterocycles. The van der Waals surface area contributed by atoms with Gasteiger partial charge in [0, 0.05) is 12.0 Å². The summed E-state index contributed by atoms with van der Waals surface area (Å²) in [7, 11) is 0. The number of ether oxygens (including phenoxy) is 1. The molecule has 0 saturated carbocycles. The fourth-order valence-electron chi connectivity index (χ4n) is 1.52. The van der Waals surface area contributed by atoms with Gasteiger partial charge in [0.15, 0.2) is 23.2 Å². The lowest BCUT2D eigenvalue weighted by Crippen LogP contribution is -2.36. The van der Waals surface area contributed by atoms with Crippen molar-refractivity contribution in [3.63, 3.8) is 0 Å². The molecule has 0 fully saturated rings. The van der Waals surface area contributed by atoms with E-state index in [4.69, 9.17) is 5.73 Å². The van der Waals surface area contributed by atoms with E-state index in [-0.39, 0.29) is 12.5 Å². The Morgan fingerprint density at radius 3 is 2.29 bits per heavy atom. The molecule has 8 heteroatoms. The van der Waals surface area contributed by atoms with Gasteiger partial charge >= 0.3 is 0 Å². The third-order valence-electron chi connectivity index (χ3n) is 2.70. The van der Waals surface area contributed by atoms with Gasteiger partial charge in [-0.3, -0.25) is 4.79 Å². The predicted octanol–water partition coefficient (Wildman–Crippen LogP) is 1.74. The van der Waals surface area contributed by atoms with E-state index in [0.717, 1.165) is 0 Å². The first kappa shape index (κ1) is 17.1. The molecule has 2 atom stereocenters. The molecule has 1 aromatic rings. The minimum Gasteiger partial charge on any atom is -0.479 e. The summed E-state index contributed by atoms with van der Waals surface area (Å²) in [4.78, 5) is 22.0. The van der Waals surface area contributed by atoms with Gasteiger partial charge in [0.2, 0.25) is 11.6 Å². The van der Waals surface area contributed by atoms with Crippen LogP contribution in [-0.4, -0.2) is 24.7 Å². The Morgan fingerprint density at radius 1 is 1.29 bits per heavy atom. The summed E-state index contributed by atoms with van der Waals surface area (Å²) in [5.41, 5.74) is 5.47. The van der Waals surface area contributed by atoms with Crippen LogP contribution in [0.3, 0.4) is 0 Å². The highest BCUT2D eigenvalue weighted by Crippen LogP contribution is 2.26. The van der Waals surface area contributed by atoms with Gasteiger partial charge in [0.1, 0.15) is 12.9 Å². The number of rotatable bonds is 7. The van der Waals surface area contributed by atoms with E-state index in [1.165, 1.54) is 6.92 Å². The predicted molar refractivity (Wildman–Crippen MR) is 64.6 cm³/mol. The quantitative estimate of drug-likeness (QED) is 0.473. The number of hydrogen-bond donors (Lipinski definition) is 1. The summed E-state index contributed by atoms with van der Waals surface area (Å²) in [6.45, 7) is 0.658. The summed E-state index contributed by atoms with van der Waals surface area (Å²) >= 11 is 0. The Kier molecular flexibility index (Phi) is 5.83. The van der Waals surface area contributed by atoms with Crippen molar-refractivity contribution in [3.8, 4) is 5.75 Å². The van der Waals surface area contributed by atoms with Crippen molar-refractivity contribution in [3.05, 3.63) is 29.3 Å². The molecule has 2 N–H and O–H groups in total. The zero-order valence-electron chi connectivity index (χ0n) is 11.0. The SMILES string of the molecule is CC(C=O)CC(N)C(=O)COc1c(F)c(F)cc(F)c1F. The van der Waals surface area contributed by atoms with Crippen LogP contribution in [0.4, 0.5) is 17.6 Å². The molecule has 0 saturated heterocycles. The largest absolute Gasteiger partial charge is 0.479 e. The smallest absolute Gasteiger partial charge is 0.203 e. The lowest BCUT2D eigenvalue weighted by Gasteiger charge is -2.13. The lowest BCUT2D eigenvalue weighted by atomic mass is 10.0. The minimum atomic E-state index is -1.74. The monoisotopic (exact) mass is 307 g/mol. The maximum Gasteiger partial charge on any atom is 0.203 e. The molecule has 4 nitrogen and oxygen atoms in total. The van der Waals surface area contributed by atoms with Crippen LogP contribution in [0.2, 0.25) is 0 Å². The molecule has 0 amide bonds. The average molecular weight is 307 g/mol. The molecule has 0 radical (unpaired) electrons. The van der Waals surface area contributed by atoms with Crippen molar-refractivity contribution in [2.75, 3.05) is 6.61 Å². The van der Waals surface area contributed by atoms with E-state index >= 15 is 0 Å². The first-order valence-electron chi connectivity index (χ1n) is 5.97. The van der Waals surface area contributed by atoms with Crippen LogP contribution in [0.15, 0.2) is 6.07 Å². The number of halogens is 4. The van der Waals surface area contributed by atoms with Gasteiger partial charge in [-0.25, -0.2) is 8.78 Å². The van der Waals surface area contributed by atoms with Crippen LogP contribution in [0.5, 0.6) is 5.75 Å². The molecule has 0 aliphatic carbocycles. The summed E-state index contributed by atoms with van der Waals surface area (Å²) in [5, 5.41) is 0. The van der Waals surface area contributed by atoms with Crippen LogP contribution in [-0.2, 0) is 9.59 Å². The van der Waals surface area contributed by atoms with Crippen molar-refractivity contribution in [2.24, 2.45) is 11.7 Å². The molecule has 1 aromatic carbocycles. The Hall–Kier alpha value is -1.96. The zero-order valence-corrected chi connectivity index (χ0v) is 11.0. The van der Waals surface area contributed by atoms with E-state index < -0.39 is 53.4 Å². The molecular formula is C13H13F4NO3. The number of hydrogen-bond acceptors (Lipinski definition) is 4. The third-order valence-corrected chi connectivity index (χ3v) is 2.70. The maximum absolute atomic E-state index is 13.3. The fraction of sp³-hybridized carbons (Fsp3) is 0.385. The number of Topliss-reactive ketones (excluding diaryl/α,β-unsaturated/α-hetero) is 1. The van der Waals surface area contributed by atoms with Gasteiger partial charge in [-0.1, -0.05) is 6.92 Å². The molecule has 0 aliphatic heterocycles. The molecule has 2 unspecified atom stereocenters. The second kappa shape index (κ2) is 7.16. The number of ketones is 1. The van der Waals surface area contributed by atoms with E-state index in [1.54, 1.807) is 0 Å². The molecule has 0 spiro atoms. The number of carbonyl (C=O) groups excluding carboxylic acids is 2. The van der Waals surface area contributed by atoms with Crippen molar-refractivity contribution >= 4 is 12.1 Å². The van der Waals surface area contributed by atoms with E-state index in [2.05, 4.69) is 4.74 Å². The van der Waals surface area contributed by atoms with Gasteiger partial charge in [-0.05, 0) is 6.42 Å². The van der Waals surface area contributed by atoms with E-state index in [0.29, 0.717) is 6.29 Å². The molecule has 116 valence electrons. The second-order valence-corrected chi connectivity index (χ2v) is 4.51. The molecule has 21 heavy (non-hydrogen) atoms. The Balaban J connectivity index is 2.76. The summed E-state index contributed by atoms with van der Waals surface area (Å²) in [6, 6.07) is -1.06. The molecule has 0 aliphatic rings. The Bertz CT molecular complexity index is 524. The van der Waals surface area contributed by atoms with Crippen molar-refractivity contribution in [2.45, 2.75) is 19.4 Å². The molecule has 1 rings (SSSR count). The minimum absolute atomic E-state index is 0.0220. The first-order valence-corrected chi connectivity index (χ1v) is 5.97. The van der Waals surface area contributed by atoms with Crippen LogP contribution in [0.25, 0.3) is 0 Å². The van der Waals surface area contributed by atoms with E-state index in [9.17, 15) is 27.2 Å². The topological polar surface area (TPSA) is 69.4 Å². The zero-order chi connectivity index (χ0) is 16.2. The lowest BCUT2D eigenvalue weighted by molar-refractivity contribution is -0.122. The van der Waals surface area contributed by atoms with Gasteiger partial charge in [-0.2, -0.15) is 8.78 Å². The standard InChI is InChI=1S/C13H13F4NO3/c1-6(4-19)2-9(18)10(20)5-21-13-11(16)7(14)3-8(15)12(13)17/h3-4,6,9H,2,5,18H2,1H3. The van der Waals surface area contributed by atoms with Crippen molar-refractivity contribution in [1.82, 2.24) is 0 Å². The van der Waals surface area contributed by atoms with Gasteiger partial charge in [-0.15, -0.1) is 0 Å². The maximum atomic E-state index is 13.3. The van der Waals surface area contributed by atoms with Gasteiger partial charge in [0.05, 0.1) is 6.04 Å². The van der Waals surface area contributed by atoms with Gasteiger partial charge < -0.3 is 15.3 Å². The Morgan fingerprint density at radius 2 is 1.81 bits per heavy atom. The fourth-order valence-corrected chi connectivity index (χ4v) is 1.52. The number of carbonyl (C=O) groups is 2. The molecular weight excluding hydrogens is 294 g/mol. The van der Waals surface area contributed by atoms with Crippen molar-refractivity contribution in [1.29, 1.82) is 0 Å². The Labute approximate surface area is 117 Å². The second-order valence-electron chi connectivity index (χ2n) is 4.51. The first-order chi connectivity index (χ1) is 9.77. The number of aldehydes is 1. The van der Waals surface area contributed by atoms with Crippen LogP contribution >= 0.6 is 0 Å². The van der Waals surface area contributed by atoms with Crippen LogP contribution in [0.1, 0.15) is 13.3 Å². The summed E-state index contributed by atoms with van der Waals surface area (Å²) in [5.74, 6) is -9.33. The highest BCUT2D eigenvalue weighted by Gasteiger charge is 2.23. The third kappa shape index (κ3) is 4.25. The molecule has 0 bridgehead atoms. The van der Waals surface area contributed by atoms with Crippen LogP contribution < -0.4 is 10.5 Å². The summed E-state index contributed by atoms with van der Waals surface area (Å²) in [6.07, 6.45) is 0.615. The summed E-state index contributed by atoms with van der Waals surface area (Å²) < 4.78 is 56.8. The normalized spacial score (nSPS) is 13.6. The highest BCUT2D eigenvalue weighted by molar-refractivity contribution is 5.85. The molecule has 0 aromatic heterocycles. The van der Waals surface area contributed by atoms with Crippen molar-refractivity contribution < 1.29 is 31.9 Å². The highest BCUT2D eigenvalue weighted by atomic mass is 19.2. The van der Waals surface area contributed by atoms with Crippen LogP contribution in [0, 0.1) is 29.2 Å². The number of nitrogens with two attached hydrogens (primary N) is 1.